The molecule has 45 heavy (non-hydrogen) atoms. The van der Waals surface area contributed by atoms with Gasteiger partial charge < -0.3 is 0 Å². The van der Waals surface area contributed by atoms with Crippen LogP contribution < -0.4 is 0 Å². The summed E-state index contributed by atoms with van der Waals surface area (Å²) in [5, 5.41) is 9.18. The molecular weight excluding hydrogens is 611 g/mol. The van der Waals surface area contributed by atoms with E-state index in [0.29, 0.717) is 0 Å². The van der Waals surface area contributed by atoms with Crippen molar-refractivity contribution < 1.29 is 0 Å². The summed E-state index contributed by atoms with van der Waals surface area (Å²) in [6.45, 7) is 10.5. The number of nitrogens with zero attached hydrogens (tertiary/aromatic N) is 2. The summed E-state index contributed by atoms with van der Waals surface area (Å²) in [5.41, 5.74) is 6.26. The van der Waals surface area contributed by atoms with Gasteiger partial charge in [0, 0.05) is 0 Å². The van der Waals surface area contributed by atoms with Crippen molar-refractivity contribution in [2.24, 2.45) is 0 Å². The Morgan fingerprint density at radius 3 is 1.98 bits per heavy atom. The second-order valence-electron chi connectivity index (χ2n) is 11.1. The number of rotatable bonds is 2. The SMILES string of the molecule is C=CC.C=CC.c1ccc(-n2ccc3cc4cc5c(cc4cc32)c2ccccc2n5-c2cccc3c2[se]c2ccccc23)cc1. The van der Waals surface area contributed by atoms with Gasteiger partial charge in [-0.2, -0.15) is 0 Å². The zero-order valence-corrected chi connectivity index (χ0v) is 27.3. The molecule has 6 aromatic carbocycles. The van der Waals surface area contributed by atoms with E-state index in [1.54, 1.807) is 12.2 Å². The molecule has 0 spiro atoms. The predicted octanol–water partition coefficient (Wildman–Crippen LogP) is 11.6. The number of benzene rings is 6. The Bertz CT molecular complexity index is 2480. The Balaban J connectivity index is 0.000000505. The van der Waals surface area contributed by atoms with Gasteiger partial charge in [-0.25, -0.2) is 0 Å². The van der Waals surface area contributed by atoms with Gasteiger partial charge in [-0.1, -0.05) is 30.4 Å². The van der Waals surface area contributed by atoms with Gasteiger partial charge in [-0.15, -0.1) is 13.2 Å². The molecule has 2 nitrogen and oxygen atoms in total. The average molecular weight is 646 g/mol. The van der Waals surface area contributed by atoms with Gasteiger partial charge in [0.25, 0.3) is 0 Å². The van der Waals surface area contributed by atoms with Crippen LogP contribution in [0.2, 0.25) is 0 Å². The van der Waals surface area contributed by atoms with E-state index < -0.39 is 0 Å². The van der Waals surface area contributed by atoms with Crippen molar-refractivity contribution in [2.45, 2.75) is 13.8 Å². The standard InChI is InChI=1S/C36H22N2Se.2C3H6/c1-2-9-26(10-3-1)37-18-17-23-19-24-22-34-30(20-25(24)21-33(23)37)27-11-4-6-14-31(27)38(34)32-15-8-13-29-28-12-5-7-16-35(28)39-36(29)32;2*1-3-2/h1-22H;2*3H,1H2,2H3. The van der Waals surface area contributed by atoms with Gasteiger partial charge in [0.05, 0.1) is 0 Å². The minimum Gasteiger partial charge on any atom is -0.0602 e. The van der Waals surface area contributed by atoms with Crippen LogP contribution in [0.1, 0.15) is 13.8 Å². The van der Waals surface area contributed by atoms with Gasteiger partial charge in [0.15, 0.2) is 0 Å². The van der Waals surface area contributed by atoms with Crippen LogP contribution in [0.5, 0.6) is 0 Å². The molecule has 0 aliphatic heterocycles. The molecule has 0 aliphatic rings. The number of para-hydroxylation sites is 2. The summed E-state index contributed by atoms with van der Waals surface area (Å²) in [6.07, 6.45) is 5.68. The van der Waals surface area contributed by atoms with Crippen molar-refractivity contribution in [3.63, 3.8) is 0 Å². The number of allylic oxidation sites excluding steroid dienone is 2. The van der Waals surface area contributed by atoms with E-state index >= 15 is 0 Å². The van der Waals surface area contributed by atoms with Crippen molar-refractivity contribution in [1.29, 1.82) is 0 Å². The summed E-state index contributed by atoms with van der Waals surface area (Å²) in [7, 11) is 0. The van der Waals surface area contributed by atoms with Crippen LogP contribution in [-0.4, -0.2) is 23.6 Å². The predicted molar refractivity (Wildman–Crippen MR) is 199 cm³/mol. The van der Waals surface area contributed by atoms with Crippen LogP contribution >= 0.6 is 0 Å². The van der Waals surface area contributed by atoms with Gasteiger partial charge in [-0.3, -0.25) is 0 Å². The zero-order valence-electron chi connectivity index (χ0n) is 25.6. The molecule has 0 saturated carbocycles. The van der Waals surface area contributed by atoms with Crippen LogP contribution in [0.4, 0.5) is 0 Å². The second-order valence-corrected chi connectivity index (χ2v) is 13.3. The Labute approximate surface area is 269 Å². The molecule has 3 aromatic heterocycles. The summed E-state index contributed by atoms with van der Waals surface area (Å²) < 4.78 is 7.75. The zero-order chi connectivity index (χ0) is 30.9. The number of hydrogen-bond donors (Lipinski definition) is 0. The minimum absolute atomic E-state index is 0.281. The monoisotopic (exact) mass is 646 g/mol. The third kappa shape index (κ3) is 4.91. The molecule has 0 saturated heterocycles. The Hall–Kier alpha value is -5.08. The van der Waals surface area contributed by atoms with Crippen molar-refractivity contribution in [2.75, 3.05) is 0 Å². The van der Waals surface area contributed by atoms with Gasteiger partial charge >= 0.3 is 213 Å². The first kappa shape index (κ1) is 28.7. The first-order valence-corrected chi connectivity index (χ1v) is 17.0. The normalized spacial score (nSPS) is 11.1. The van der Waals surface area contributed by atoms with E-state index in [1.165, 1.54) is 74.1 Å². The smallest absolute Gasteiger partial charge is 0.0602 e. The summed E-state index contributed by atoms with van der Waals surface area (Å²) in [4.78, 5) is 0. The summed E-state index contributed by atoms with van der Waals surface area (Å²) in [5.74, 6) is 0. The fourth-order valence-corrected chi connectivity index (χ4v) is 8.86. The van der Waals surface area contributed by atoms with Crippen LogP contribution in [-0.2, 0) is 0 Å². The first-order chi connectivity index (χ1) is 22.2. The van der Waals surface area contributed by atoms with Gasteiger partial charge in [-0.05, 0) is 13.8 Å². The Kier molecular flexibility index (Phi) is 7.73. The molecule has 218 valence electrons. The minimum atomic E-state index is 0.281. The van der Waals surface area contributed by atoms with E-state index in [-0.39, 0.29) is 14.5 Å². The Morgan fingerprint density at radius 2 is 1.18 bits per heavy atom. The van der Waals surface area contributed by atoms with Crippen molar-refractivity contribution >= 4 is 77.3 Å². The third-order valence-corrected chi connectivity index (χ3v) is 10.6. The molecule has 0 fully saturated rings. The summed E-state index contributed by atoms with van der Waals surface area (Å²) in [6, 6.07) is 46.9. The molecule has 0 atom stereocenters. The van der Waals surface area contributed by atoms with Crippen LogP contribution in [0.15, 0.2) is 159 Å². The quantitative estimate of drug-likeness (QED) is 0.131. The first-order valence-electron chi connectivity index (χ1n) is 15.2. The molecule has 0 N–H and O–H groups in total. The molecule has 9 rings (SSSR count). The maximum absolute atomic E-state index is 3.36. The van der Waals surface area contributed by atoms with Crippen molar-refractivity contribution in [3.8, 4) is 11.4 Å². The molecule has 9 aromatic rings. The molecule has 0 amide bonds. The molecule has 3 heteroatoms. The van der Waals surface area contributed by atoms with Crippen LogP contribution in [0.25, 0.3) is 74.1 Å². The average Bonchev–Trinajstić information content (AvgIpc) is 3.75. The van der Waals surface area contributed by atoms with Crippen molar-refractivity contribution in [1.82, 2.24) is 9.13 Å². The second kappa shape index (κ2) is 12.1. The third-order valence-electron chi connectivity index (χ3n) is 8.10. The molecule has 0 radical (unpaired) electrons. The van der Waals surface area contributed by atoms with Crippen molar-refractivity contribution in [3.05, 3.63) is 159 Å². The fourth-order valence-electron chi connectivity index (χ4n) is 6.33. The molecule has 3 heterocycles. The van der Waals surface area contributed by atoms with E-state index in [2.05, 4.69) is 156 Å². The number of hydrogen-bond acceptors (Lipinski definition) is 0. The van der Waals surface area contributed by atoms with Crippen LogP contribution in [0, 0.1) is 0 Å². The Morgan fingerprint density at radius 1 is 0.533 bits per heavy atom. The molecule has 0 aliphatic carbocycles. The van der Waals surface area contributed by atoms with Crippen LogP contribution in [0.3, 0.4) is 0 Å². The number of aromatic nitrogens is 2. The fraction of sp³-hybridized carbons (Fsp3) is 0.0476. The van der Waals surface area contributed by atoms with Gasteiger partial charge in [0.1, 0.15) is 0 Å². The van der Waals surface area contributed by atoms with E-state index in [9.17, 15) is 0 Å². The van der Waals surface area contributed by atoms with E-state index in [4.69, 9.17) is 0 Å². The van der Waals surface area contributed by atoms with E-state index in [1.807, 2.05) is 13.8 Å². The summed E-state index contributed by atoms with van der Waals surface area (Å²) >= 11 is 0.281. The maximum atomic E-state index is 3.36. The van der Waals surface area contributed by atoms with Gasteiger partial charge in [0.2, 0.25) is 0 Å². The van der Waals surface area contributed by atoms with E-state index in [0.717, 1.165) is 0 Å². The molecule has 0 unspecified atom stereocenters. The number of fused-ring (bicyclic) bond motifs is 8. The molecule has 0 bridgehead atoms. The molecular formula is C42H34N2Se. The topological polar surface area (TPSA) is 9.86 Å².